The van der Waals surface area contributed by atoms with Crippen LogP contribution in [0, 0.1) is 5.82 Å². The van der Waals surface area contributed by atoms with Crippen molar-refractivity contribution in [3.63, 3.8) is 0 Å². The average Bonchev–Trinajstić information content (AvgIpc) is 2.59. The number of benzene rings is 1. The van der Waals surface area contributed by atoms with Crippen molar-refractivity contribution in [2.24, 2.45) is 0 Å². The Labute approximate surface area is 146 Å². The van der Waals surface area contributed by atoms with Crippen LogP contribution in [0.25, 0.3) is 0 Å². The molecule has 0 aliphatic carbocycles. The number of likely N-dealkylation sites (N-methyl/N-ethyl adjacent to an activating group) is 1. The number of hydrogen-bond acceptors (Lipinski definition) is 5. The predicted molar refractivity (Wildman–Crippen MR) is 89.0 cm³/mol. The largest absolute Gasteiger partial charge is 0.372 e. The summed E-state index contributed by atoms with van der Waals surface area (Å²) in [5.74, 6) is -1.05. The van der Waals surface area contributed by atoms with Crippen LogP contribution in [-0.2, 0) is 17.7 Å². The number of fused-ring (bicyclic) bond motifs is 1. The van der Waals surface area contributed by atoms with Gasteiger partial charge in [0.15, 0.2) is 0 Å². The van der Waals surface area contributed by atoms with E-state index in [0.717, 1.165) is 44.6 Å². The number of amides is 1. The highest BCUT2D eigenvalue weighted by atomic mass is 19.1. The molecule has 1 spiro atoms. The Morgan fingerprint density at radius 3 is 2.96 bits per heavy atom. The van der Waals surface area contributed by atoms with E-state index in [1.54, 1.807) is 11.5 Å². The minimum Gasteiger partial charge on any atom is -0.372 e. The number of hydroxylamine groups is 1. The molecule has 0 unspecified atom stereocenters. The molecule has 2 saturated heterocycles. The molecule has 0 saturated carbocycles. The lowest BCUT2D eigenvalue weighted by molar-refractivity contribution is -0.176. The fourth-order valence-corrected chi connectivity index (χ4v) is 4.62. The van der Waals surface area contributed by atoms with Crippen LogP contribution in [0.3, 0.4) is 0 Å². The van der Waals surface area contributed by atoms with Crippen molar-refractivity contribution >= 4 is 5.91 Å². The van der Waals surface area contributed by atoms with Gasteiger partial charge in [-0.2, -0.15) is 0 Å². The summed E-state index contributed by atoms with van der Waals surface area (Å²) in [6.45, 7) is 4.13. The molecule has 3 heterocycles. The summed E-state index contributed by atoms with van der Waals surface area (Å²) in [6.07, 6.45) is 2.69. The number of carbonyl (C=O) groups is 1. The van der Waals surface area contributed by atoms with Crippen molar-refractivity contribution in [2.45, 2.75) is 37.5 Å². The van der Waals surface area contributed by atoms with E-state index < -0.39 is 5.91 Å². The van der Waals surface area contributed by atoms with Crippen LogP contribution in [0.2, 0.25) is 0 Å². The molecule has 3 aliphatic heterocycles. The summed E-state index contributed by atoms with van der Waals surface area (Å²) in [5, 5.41) is 8.75. The van der Waals surface area contributed by atoms with Gasteiger partial charge in [-0.15, -0.1) is 0 Å². The van der Waals surface area contributed by atoms with E-state index in [4.69, 9.17) is 9.94 Å². The van der Waals surface area contributed by atoms with E-state index in [9.17, 15) is 9.18 Å². The molecule has 4 rings (SSSR count). The second-order valence-electron chi connectivity index (χ2n) is 7.61. The molecule has 6 nitrogen and oxygen atoms in total. The molecule has 25 heavy (non-hydrogen) atoms. The lowest BCUT2D eigenvalue weighted by Crippen LogP contribution is -2.66. The van der Waals surface area contributed by atoms with Crippen LogP contribution in [-0.4, -0.2) is 65.8 Å². The topological polar surface area (TPSA) is 65.0 Å². The highest BCUT2D eigenvalue weighted by Crippen LogP contribution is 2.36. The quantitative estimate of drug-likeness (QED) is 0.620. The van der Waals surface area contributed by atoms with Gasteiger partial charge in [0, 0.05) is 50.0 Å². The van der Waals surface area contributed by atoms with E-state index in [1.807, 2.05) is 0 Å². The number of nitrogens with zero attached hydrogens (tertiary/aromatic N) is 2. The van der Waals surface area contributed by atoms with Crippen molar-refractivity contribution in [2.75, 3.05) is 33.3 Å². The molecule has 1 aromatic rings. The maximum Gasteiger partial charge on any atom is 0.274 e. The minimum atomic E-state index is -0.676. The van der Waals surface area contributed by atoms with Gasteiger partial charge in [0.25, 0.3) is 5.91 Å². The Morgan fingerprint density at radius 1 is 1.44 bits per heavy atom. The highest BCUT2D eigenvalue weighted by Gasteiger charge is 2.47. The van der Waals surface area contributed by atoms with Gasteiger partial charge in [-0.05, 0) is 44.0 Å². The highest BCUT2D eigenvalue weighted by molar-refractivity contribution is 5.93. The summed E-state index contributed by atoms with van der Waals surface area (Å²) in [4.78, 5) is 16.2. The monoisotopic (exact) mass is 349 g/mol. The molecule has 2 N–H and O–H groups in total. The summed E-state index contributed by atoms with van der Waals surface area (Å²) in [7, 11) is 2.10. The van der Waals surface area contributed by atoms with Gasteiger partial charge in [0.2, 0.25) is 0 Å². The molecular weight excluding hydrogens is 325 g/mol. The van der Waals surface area contributed by atoms with Crippen LogP contribution in [0.15, 0.2) is 12.1 Å². The fourth-order valence-electron chi connectivity index (χ4n) is 4.62. The van der Waals surface area contributed by atoms with Crippen molar-refractivity contribution in [3.8, 4) is 0 Å². The lowest BCUT2D eigenvalue weighted by atomic mass is 9.82. The van der Waals surface area contributed by atoms with Gasteiger partial charge in [0.05, 0.1) is 5.60 Å². The van der Waals surface area contributed by atoms with E-state index >= 15 is 0 Å². The Morgan fingerprint density at radius 2 is 2.24 bits per heavy atom. The zero-order valence-corrected chi connectivity index (χ0v) is 14.4. The minimum absolute atomic E-state index is 0.0143. The molecule has 1 aromatic carbocycles. The van der Waals surface area contributed by atoms with E-state index in [-0.39, 0.29) is 17.0 Å². The summed E-state index contributed by atoms with van der Waals surface area (Å²) >= 11 is 0. The second kappa shape index (κ2) is 6.32. The SMILES string of the molecule is CN1CC2(C[C@H](N3CCc4cc(C(=O)NO)cc(F)c4C3)CCO2)C1. The van der Waals surface area contributed by atoms with Crippen LogP contribution in [0.5, 0.6) is 0 Å². The van der Waals surface area contributed by atoms with E-state index in [0.29, 0.717) is 24.6 Å². The molecule has 3 aliphatic rings. The molecule has 1 atom stereocenters. The molecule has 1 amide bonds. The Bertz CT molecular complexity index is 685. The third-order valence-electron chi connectivity index (χ3n) is 5.78. The smallest absolute Gasteiger partial charge is 0.274 e. The molecule has 0 bridgehead atoms. The van der Waals surface area contributed by atoms with Crippen molar-refractivity contribution in [1.82, 2.24) is 15.3 Å². The second-order valence-corrected chi connectivity index (χ2v) is 7.61. The standard InChI is InChI=1S/C18H24FN3O3/c1-21-10-18(11-21)8-14(3-5-25-18)22-4-2-12-6-13(17(23)20-24)7-16(19)15(12)9-22/h6-7,14,24H,2-5,8-11H2,1H3,(H,20,23)/t14-/m1/s1. The van der Waals surface area contributed by atoms with Gasteiger partial charge >= 0.3 is 0 Å². The van der Waals surface area contributed by atoms with Crippen LogP contribution in [0.1, 0.15) is 34.3 Å². The predicted octanol–water partition coefficient (Wildman–Crippen LogP) is 1.17. The summed E-state index contributed by atoms with van der Waals surface area (Å²) < 4.78 is 20.6. The molecule has 136 valence electrons. The van der Waals surface area contributed by atoms with Gasteiger partial charge in [-0.1, -0.05) is 0 Å². The number of hydrogen-bond donors (Lipinski definition) is 2. The Balaban J connectivity index is 1.50. The maximum atomic E-state index is 14.5. The van der Waals surface area contributed by atoms with Crippen LogP contribution >= 0.6 is 0 Å². The molecular formula is C18H24FN3O3. The Hall–Kier alpha value is -1.54. The molecule has 7 heteroatoms. The first-order valence-corrected chi connectivity index (χ1v) is 8.82. The lowest BCUT2D eigenvalue weighted by Gasteiger charge is -2.54. The first-order chi connectivity index (χ1) is 12.0. The van der Waals surface area contributed by atoms with Gasteiger partial charge in [-0.3, -0.25) is 14.9 Å². The zero-order chi connectivity index (χ0) is 17.6. The maximum absolute atomic E-state index is 14.5. The normalized spacial score (nSPS) is 26.1. The third-order valence-corrected chi connectivity index (χ3v) is 5.78. The number of carbonyl (C=O) groups excluding carboxylic acids is 1. The average molecular weight is 349 g/mol. The van der Waals surface area contributed by atoms with E-state index in [1.165, 1.54) is 6.07 Å². The number of rotatable bonds is 2. The number of halogens is 1. The van der Waals surface area contributed by atoms with Crippen molar-refractivity contribution in [3.05, 3.63) is 34.6 Å². The first kappa shape index (κ1) is 16.9. The number of likely N-dealkylation sites (tertiary alicyclic amines) is 1. The summed E-state index contributed by atoms with van der Waals surface area (Å²) in [5.41, 5.74) is 3.25. The van der Waals surface area contributed by atoms with Crippen LogP contribution in [0.4, 0.5) is 4.39 Å². The number of ether oxygens (including phenoxy) is 1. The first-order valence-electron chi connectivity index (χ1n) is 8.82. The van der Waals surface area contributed by atoms with Gasteiger partial charge in [0.1, 0.15) is 5.82 Å². The van der Waals surface area contributed by atoms with Crippen LogP contribution < -0.4 is 5.48 Å². The Kier molecular flexibility index (Phi) is 4.27. The molecule has 2 fully saturated rings. The number of nitrogens with one attached hydrogen (secondary N) is 1. The van der Waals surface area contributed by atoms with Crippen molar-refractivity contribution < 1.29 is 19.1 Å². The molecule has 0 aromatic heterocycles. The van der Waals surface area contributed by atoms with Gasteiger partial charge < -0.3 is 9.64 Å². The molecule has 0 radical (unpaired) electrons. The van der Waals surface area contributed by atoms with E-state index in [2.05, 4.69) is 16.8 Å². The summed E-state index contributed by atoms with van der Waals surface area (Å²) in [6, 6.07) is 3.31. The zero-order valence-electron chi connectivity index (χ0n) is 14.4. The van der Waals surface area contributed by atoms with Gasteiger partial charge in [-0.25, -0.2) is 9.87 Å². The third kappa shape index (κ3) is 3.06. The van der Waals surface area contributed by atoms with Crippen molar-refractivity contribution in [1.29, 1.82) is 0 Å². The fraction of sp³-hybridized carbons (Fsp3) is 0.611.